The molecule has 1 aromatic rings. The van der Waals surface area contributed by atoms with Gasteiger partial charge in [0.15, 0.2) is 0 Å². The fraction of sp³-hybridized carbons (Fsp3) is 0.364. The van der Waals surface area contributed by atoms with Gasteiger partial charge in [-0.3, -0.25) is 4.79 Å². The van der Waals surface area contributed by atoms with Crippen molar-refractivity contribution in [2.75, 3.05) is 17.7 Å². The van der Waals surface area contributed by atoms with Crippen molar-refractivity contribution in [2.45, 2.75) is 19.4 Å². The van der Waals surface area contributed by atoms with Crippen LogP contribution in [-0.4, -0.2) is 23.2 Å². The standard InChI is InChI=1S/C11H17N3O2/c1-11(2,6-15)14-9-5-7(12)3-4-8(9)10(13)16/h3-5,14-15H,6,12H2,1-2H3,(H2,13,16). The summed E-state index contributed by atoms with van der Waals surface area (Å²) in [7, 11) is 0. The van der Waals surface area contributed by atoms with E-state index >= 15 is 0 Å². The van der Waals surface area contributed by atoms with E-state index in [-0.39, 0.29) is 6.61 Å². The maximum atomic E-state index is 11.2. The summed E-state index contributed by atoms with van der Waals surface area (Å²) in [5, 5.41) is 12.2. The Morgan fingerprint density at radius 1 is 1.50 bits per heavy atom. The number of anilines is 2. The molecule has 0 aromatic heterocycles. The molecule has 0 atom stereocenters. The van der Waals surface area contributed by atoms with Crippen molar-refractivity contribution in [1.82, 2.24) is 0 Å². The fourth-order valence-corrected chi connectivity index (χ4v) is 1.28. The minimum absolute atomic E-state index is 0.0694. The molecule has 0 aliphatic heterocycles. The lowest BCUT2D eigenvalue weighted by atomic mass is 10.0. The molecule has 1 aromatic carbocycles. The second-order valence-electron chi connectivity index (χ2n) is 4.34. The number of carbonyl (C=O) groups excluding carboxylic acids is 1. The van der Waals surface area contributed by atoms with Crippen LogP contribution >= 0.6 is 0 Å². The number of aliphatic hydroxyl groups excluding tert-OH is 1. The van der Waals surface area contributed by atoms with Crippen molar-refractivity contribution >= 4 is 17.3 Å². The molecule has 0 heterocycles. The maximum absolute atomic E-state index is 11.2. The number of nitrogens with two attached hydrogens (primary N) is 2. The molecule has 0 saturated heterocycles. The molecule has 0 saturated carbocycles. The Bertz CT molecular complexity index is 402. The normalized spacial score (nSPS) is 11.2. The van der Waals surface area contributed by atoms with Gasteiger partial charge in [-0.05, 0) is 32.0 Å². The van der Waals surface area contributed by atoms with E-state index in [4.69, 9.17) is 16.6 Å². The summed E-state index contributed by atoms with van der Waals surface area (Å²) in [6, 6.07) is 4.79. The van der Waals surface area contributed by atoms with E-state index in [2.05, 4.69) is 5.32 Å². The van der Waals surface area contributed by atoms with E-state index in [0.29, 0.717) is 16.9 Å². The van der Waals surface area contributed by atoms with Crippen LogP contribution in [-0.2, 0) is 0 Å². The van der Waals surface area contributed by atoms with Crippen LogP contribution in [0.15, 0.2) is 18.2 Å². The van der Waals surface area contributed by atoms with E-state index in [1.54, 1.807) is 32.0 Å². The molecule has 1 amide bonds. The summed E-state index contributed by atoms with van der Waals surface area (Å²) < 4.78 is 0. The zero-order valence-corrected chi connectivity index (χ0v) is 9.45. The molecule has 0 aliphatic rings. The van der Waals surface area contributed by atoms with Crippen LogP contribution in [0, 0.1) is 0 Å². The van der Waals surface area contributed by atoms with Gasteiger partial charge in [0.25, 0.3) is 5.91 Å². The van der Waals surface area contributed by atoms with Gasteiger partial charge in [-0.2, -0.15) is 0 Å². The minimum atomic E-state index is -0.544. The van der Waals surface area contributed by atoms with Crippen molar-refractivity contribution in [3.63, 3.8) is 0 Å². The van der Waals surface area contributed by atoms with Crippen LogP contribution < -0.4 is 16.8 Å². The molecule has 0 aliphatic carbocycles. The number of amides is 1. The Labute approximate surface area is 94.4 Å². The number of hydrogen-bond donors (Lipinski definition) is 4. The van der Waals surface area contributed by atoms with Gasteiger partial charge in [0.2, 0.25) is 0 Å². The third-order valence-corrected chi connectivity index (χ3v) is 2.18. The summed E-state index contributed by atoms with van der Waals surface area (Å²) >= 11 is 0. The smallest absolute Gasteiger partial charge is 0.250 e. The number of benzene rings is 1. The summed E-state index contributed by atoms with van der Waals surface area (Å²) in [6.45, 7) is 3.54. The molecule has 16 heavy (non-hydrogen) atoms. The number of aliphatic hydroxyl groups is 1. The topological polar surface area (TPSA) is 101 Å². The molecule has 5 heteroatoms. The van der Waals surface area contributed by atoms with Gasteiger partial charge in [0, 0.05) is 11.4 Å². The second kappa shape index (κ2) is 4.40. The SMILES string of the molecule is CC(C)(CO)Nc1cc(N)ccc1C(N)=O. The number of rotatable bonds is 4. The first kappa shape index (κ1) is 12.3. The largest absolute Gasteiger partial charge is 0.399 e. The van der Waals surface area contributed by atoms with Crippen molar-refractivity contribution in [2.24, 2.45) is 5.73 Å². The summed E-state index contributed by atoms with van der Waals surface area (Å²) in [4.78, 5) is 11.2. The number of hydrogen-bond acceptors (Lipinski definition) is 4. The van der Waals surface area contributed by atoms with Gasteiger partial charge in [0.1, 0.15) is 0 Å². The Balaban J connectivity index is 3.10. The van der Waals surface area contributed by atoms with E-state index < -0.39 is 11.4 Å². The highest BCUT2D eigenvalue weighted by atomic mass is 16.3. The van der Waals surface area contributed by atoms with Gasteiger partial charge < -0.3 is 21.9 Å². The number of nitrogens with one attached hydrogen (secondary N) is 1. The van der Waals surface area contributed by atoms with Gasteiger partial charge in [-0.1, -0.05) is 0 Å². The molecule has 0 unspecified atom stereocenters. The highest BCUT2D eigenvalue weighted by Gasteiger charge is 2.19. The molecule has 0 bridgehead atoms. The summed E-state index contributed by atoms with van der Waals surface area (Å²) in [6.07, 6.45) is 0. The van der Waals surface area contributed by atoms with Gasteiger partial charge >= 0.3 is 0 Å². The second-order valence-corrected chi connectivity index (χ2v) is 4.34. The van der Waals surface area contributed by atoms with Crippen molar-refractivity contribution in [1.29, 1.82) is 0 Å². The average molecular weight is 223 g/mol. The highest BCUT2D eigenvalue weighted by Crippen LogP contribution is 2.22. The van der Waals surface area contributed by atoms with Gasteiger partial charge in [-0.25, -0.2) is 0 Å². The molecule has 5 nitrogen and oxygen atoms in total. The van der Waals surface area contributed by atoms with Crippen molar-refractivity contribution in [3.8, 4) is 0 Å². The number of carbonyl (C=O) groups is 1. The fourth-order valence-electron chi connectivity index (χ4n) is 1.28. The third kappa shape index (κ3) is 2.87. The van der Waals surface area contributed by atoms with Crippen LogP contribution in [0.2, 0.25) is 0 Å². The average Bonchev–Trinajstić information content (AvgIpc) is 2.16. The van der Waals surface area contributed by atoms with E-state index in [1.165, 1.54) is 0 Å². The first-order valence-corrected chi connectivity index (χ1v) is 4.94. The molecule has 1 rings (SSSR count). The lowest BCUT2D eigenvalue weighted by Crippen LogP contribution is -2.35. The van der Waals surface area contributed by atoms with E-state index in [1.807, 2.05) is 0 Å². The zero-order valence-electron chi connectivity index (χ0n) is 9.45. The lowest BCUT2D eigenvalue weighted by Gasteiger charge is -2.26. The van der Waals surface area contributed by atoms with Crippen LogP contribution in [0.25, 0.3) is 0 Å². The maximum Gasteiger partial charge on any atom is 0.250 e. The summed E-state index contributed by atoms with van der Waals surface area (Å²) in [5.74, 6) is -0.531. The Kier molecular flexibility index (Phi) is 3.39. The molecule has 0 radical (unpaired) electrons. The first-order chi connectivity index (χ1) is 7.35. The number of nitrogen functional groups attached to an aromatic ring is 1. The molecule has 88 valence electrons. The van der Waals surface area contributed by atoms with Crippen LogP contribution in [0.4, 0.5) is 11.4 Å². The minimum Gasteiger partial charge on any atom is -0.399 e. The molecule has 0 spiro atoms. The quantitative estimate of drug-likeness (QED) is 0.560. The monoisotopic (exact) mass is 223 g/mol. The van der Waals surface area contributed by atoms with Crippen molar-refractivity contribution in [3.05, 3.63) is 23.8 Å². The van der Waals surface area contributed by atoms with Crippen molar-refractivity contribution < 1.29 is 9.90 Å². The Morgan fingerprint density at radius 3 is 2.62 bits per heavy atom. The lowest BCUT2D eigenvalue weighted by molar-refractivity contribution is 0.100. The molecular formula is C11H17N3O2. The predicted octanol–water partition coefficient (Wildman–Crippen LogP) is 0.551. The van der Waals surface area contributed by atoms with Crippen LogP contribution in [0.5, 0.6) is 0 Å². The van der Waals surface area contributed by atoms with E-state index in [9.17, 15) is 4.79 Å². The zero-order chi connectivity index (χ0) is 12.3. The Morgan fingerprint density at radius 2 is 2.12 bits per heavy atom. The Hall–Kier alpha value is -1.75. The van der Waals surface area contributed by atoms with Crippen LogP contribution in [0.3, 0.4) is 0 Å². The third-order valence-electron chi connectivity index (χ3n) is 2.18. The highest BCUT2D eigenvalue weighted by molar-refractivity contribution is 5.99. The van der Waals surface area contributed by atoms with Gasteiger partial charge in [0.05, 0.1) is 17.7 Å². The number of primary amides is 1. The molecule has 6 N–H and O–H groups in total. The molecular weight excluding hydrogens is 206 g/mol. The summed E-state index contributed by atoms with van der Waals surface area (Å²) in [5.41, 5.74) is 11.8. The van der Waals surface area contributed by atoms with Gasteiger partial charge in [-0.15, -0.1) is 0 Å². The van der Waals surface area contributed by atoms with Crippen LogP contribution in [0.1, 0.15) is 24.2 Å². The van der Waals surface area contributed by atoms with E-state index in [0.717, 1.165) is 0 Å². The predicted molar refractivity (Wildman–Crippen MR) is 64.2 cm³/mol. The molecule has 0 fully saturated rings. The first-order valence-electron chi connectivity index (χ1n) is 4.94.